The van der Waals surface area contributed by atoms with Crippen molar-refractivity contribution in [3.8, 4) is 11.3 Å². The van der Waals surface area contributed by atoms with Crippen molar-refractivity contribution in [2.75, 3.05) is 5.73 Å². The Balaban J connectivity index is 1.64. The summed E-state index contributed by atoms with van der Waals surface area (Å²) in [5, 5.41) is 15.7. The van der Waals surface area contributed by atoms with Gasteiger partial charge in [0.2, 0.25) is 0 Å². The minimum absolute atomic E-state index is 0.228. The SMILES string of the molecule is Nc1ncnc2c1c1c(n2C2CC(F)(F)C2)CCC(O)c2c-1noc2C1CC1. The topological polar surface area (TPSA) is 103 Å². The predicted octanol–water partition coefficient (Wildman–Crippen LogP) is 3.50. The fourth-order valence-electron chi connectivity index (χ4n) is 4.78. The minimum atomic E-state index is -2.66. The summed E-state index contributed by atoms with van der Waals surface area (Å²) >= 11 is 0. The van der Waals surface area contributed by atoms with Crippen LogP contribution in [0.3, 0.4) is 0 Å². The molecular weight excluding hydrogens is 368 g/mol. The summed E-state index contributed by atoms with van der Waals surface area (Å²) in [5.41, 5.74) is 9.57. The minimum Gasteiger partial charge on any atom is -0.388 e. The molecule has 7 nitrogen and oxygen atoms in total. The molecule has 3 N–H and O–H groups in total. The predicted molar refractivity (Wildman–Crippen MR) is 95.9 cm³/mol. The van der Waals surface area contributed by atoms with Crippen molar-refractivity contribution in [1.82, 2.24) is 19.7 Å². The first-order valence-corrected chi connectivity index (χ1v) is 9.63. The first kappa shape index (κ1) is 16.4. The number of anilines is 1. The number of aliphatic hydroxyl groups excluding tert-OH is 1. The lowest BCUT2D eigenvalue weighted by Crippen LogP contribution is -2.37. The molecule has 0 spiro atoms. The Morgan fingerprint density at radius 3 is 2.71 bits per heavy atom. The van der Waals surface area contributed by atoms with E-state index in [0.29, 0.717) is 41.1 Å². The average Bonchev–Trinajstić information content (AvgIpc) is 3.32. The van der Waals surface area contributed by atoms with Gasteiger partial charge in [0, 0.05) is 36.1 Å². The molecule has 3 heterocycles. The van der Waals surface area contributed by atoms with E-state index in [-0.39, 0.29) is 24.7 Å². The average molecular weight is 387 g/mol. The zero-order valence-electron chi connectivity index (χ0n) is 15.0. The number of alkyl halides is 2. The van der Waals surface area contributed by atoms with E-state index in [1.807, 2.05) is 4.57 Å². The van der Waals surface area contributed by atoms with E-state index >= 15 is 0 Å². The quantitative estimate of drug-likeness (QED) is 0.698. The van der Waals surface area contributed by atoms with Crippen LogP contribution in [-0.2, 0) is 6.42 Å². The van der Waals surface area contributed by atoms with Gasteiger partial charge in [0.25, 0.3) is 5.92 Å². The van der Waals surface area contributed by atoms with Crippen LogP contribution in [0.15, 0.2) is 10.9 Å². The van der Waals surface area contributed by atoms with E-state index in [0.717, 1.165) is 29.9 Å². The van der Waals surface area contributed by atoms with Crippen LogP contribution in [0.2, 0.25) is 0 Å². The summed E-state index contributed by atoms with van der Waals surface area (Å²) in [6.45, 7) is 0. The van der Waals surface area contributed by atoms with Crippen molar-refractivity contribution < 1.29 is 18.4 Å². The molecule has 0 amide bonds. The fraction of sp³-hybridized carbons (Fsp3) is 0.526. The summed E-state index contributed by atoms with van der Waals surface area (Å²) in [6.07, 6.45) is 3.22. The highest BCUT2D eigenvalue weighted by Crippen LogP contribution is 2.53. The van der Waals surface area contributed by atoms with Crippen LogP contribution in [0.1, 0.15) is 67.2 Å². The van der Waals surface area contributed by atoms with Gasteiger partial charge in [-0.05, 0) is 25.7 Å². The van der Waals surface area contributed by atoms with Crippen LogP contribution < -0.4 is 5.73 Å². The number of hydrogen-bond acceptors (Lipinski definition) is 6. The largest absolute Gasteiger partial charge is 0.388 e. The lowest BCUT2D eigenvalue weighted by atomic mass is 9.87. The van der Waals surface area contributed by atoms with Crippen molar-refractivity contribution in [3.05, 3.63) is 23.3 Å². The molecule has 3 aromatic rings. The number of hydrogen-bond donors (Lipinski definition) is 2. The van der Waals surface area contributed by atoms with Crippen molar-refractivity contribution in [1.29, 1.82) is 0 Å². The van der Waals surface area contributed by atoms with Gasteiger partial charge >= 0.3 is 0 Å². The number of fused-ring (bicyclic) bond motifs is 5. The number of rotatable bonds is 2. The van der Waals surface area contributed by atoms with Crippen LogP contribution in [0, 0.1) is 0 Å². The van der Waals surface area contributed by atoms with E-state index in [2.05, 4.69) is 15.1 Å². The number of nitrogens with two attached hydrogens (primary N) is 1. The lowest BCUT2D eigenvalue weighted by Gasteiger charge is -2.37. The first-order chi connectivity index (χ1) is 13.4. The summed E-state index contributed by atoms with van der Waals surface area (Å²) in [4.78, 5) is 8.50. The number of nitrogens with zero attached hydrogens (tertiary/aromatic N) is 4. The monoisotopic (exact) mass is 387 g/mol. The zero-order chi connectivity index (χ0) is 19.2. The van der Waals surface area contributed by atoms with Gasteiger partial charge in [-0.25, -0.2) is 18.7 Å². The van der Waals surface area contributed by atoms with Crippen LogP contribution >= 0.6 is 0 Å². The summed E-state index contributed by atoms with van der Waals surface area (Å²) in [5.74, 6) is -1.35. The molecule has 0 aliphatic heterocycles. The van der Waals surface area contributed by atoms with Crippen LogP contribution in [0.4, 0.5) is 14.6 Å². The second-order valence-electron chi connectivity index (χ2n) is 8.21. The Bertz CT molecular complexity index is 1110. The highest BCUT2D eigenvalue weighted by Gasteiger charge is 2.48. The molecule has 146 valence electrons. The summed E-state index contributed by atoms with van der Waals surface area (Å²) in [6, 6.07) is -0.357. The Kier molecular flexibility index (Phi) is 3.10. The molecule has 2 saturated carbocycles. The molecular formula is C19H19F2N5O2. The van der Waals surface area contributed by atoms with Crippen LogP contribution in [-0.4, -0.2) is 30.7 Å². The maximum atomic E-state index is 13.6. The highest BCUT2D eigenvalue weighted by atomic mass is 19.3. The van der Waals surface area contributed by atoms with Gasteiger partial charge in [-0.3, -0.25) is 0 Å². The summed E-state index contributed by atoms with van der Waals surface area (Å²) < 4.78 is 34.8. The Hall–Kier alpha value is -2.55. The van der Waals surface area contributed by atoms with Crippen molar-refractivity contribution in [3.63, 3.8) is 0 Å². The molecule has 0 bridgehead atoms. The molecule has 0 aromatic carbocycles. The molecule has 0 saturated heterocycles. The summed E-state index contributed by atoms with van der Waals surface area (Å²) in [7, 11) is 0. The zero-order valence-corrected chi connectivity index (χ0v) is 15.0. The maximum Gasteiger partial charge on any atom is 0.252 e. The lowest BCUT2D eigenvalue weighted by molar-refractivity contribution is -0.103. The van der Waals surface area contributed by atoms with Gasteiger partial charge in [0.15, 0.2) is 0 Å². The fourth-order valence-corrected chi connectivity index (χ4v) is 4.78. The molecule has 1 unspecified atom stereocenters. The molecule has 3 aliphatic carbocycles. The molecule has 28 heavy (non-hydrogen) atoms. The molecule has 0 radical (unpaired) electrons. The number of halogens is 2. The van der Waals surface area contributed by atoms with Gasteiger partial charge < -0.3 is 19.9 Å². The van der Waals surface area contributed by atoms with Gasteiger partial charge in [-0.1, -0.05) is 5.16 Å². The molecule has 6 rings (SSSR count). The van der Waals surface area contributed by atoms with Gasteiger partial charge in [-0.2, -0.15) is 0 Å². The van der Waals surface area contributed by atoms with Crippen molar-refractivity contribution in [2.24, 2.45) is 0 Å². The molecule has 9 heteroatoms. The smallest absolute Gasteiger partial charge is 0.252 e. The third kappa shape index (κ3) is 2.13. The normalized spacial score (nSPS) is 23.9. The van der Waals surface area contributed by atoms with E-state index in [1.165, 1.54) is 6.33 Å². The Morgan fingerprint density at radius 2 is 2.00 bits per heavy atom. The maximum absolute atomic E-state index is 13.6. The number of aliphatic hydroxyl groups is 1. The van der Waals surface area contributed by atoms with Gasteiger partial charge in [-0.15, -0.1) is 0 Å². The highest BCUT2D eigenvalue weighted by molar-refractivity contribution is 6.02. The van der Waals surface area contributed by atoms with Gasteiger partial charge in [0.05, 0.1) is 17.1 Å². The van der Waals surface area contributed by atoms with E-state index in [4.69, 9.17) is 10.3 Å². The second kappa shape index (κ2) is 5.28. The van der Waals surface area contributed by atoms with E-state index in [9.17, 15) is 13.9 Å². The number of aromatic nitrogens is 4. The second-order valence-corrected chi connectivity index (χ2v) is 8.21. The van der Waals surface area contributed by atoms with Crippen molar-refractivity contribution >= 4 is 16.9 Å². The molecule has 3 aromatic heterocycles. The molecule has 1 atom stereocenters. The van der Waals surface area contributed by atoms with E-state index < -0.39 is 12.0 Å². The third-order valence-electron chi connectivity index (χ3n) is 6.28. The van der Waals surface area contributed by atoms with Gasteiger partial charge in [0.1, 0.15) is 29.2 Å². The molecule has 2 fully saturated rings. The van der Waals surface area contributed by atoms with Crippen LogP contribution in [0.5, 0.6) is 0 Å². The van der Waals surface area contributed by atoms with Crippen molar-refractivity contribution in [2.45, 2.75) is 62.5 Å². The Labute approximate surface area is 158 Å². The first-order valence-electron chi connectivity index (χ1n) is 9.63. The number of nitrogen functional groups attached to an aromatic ring is 1. The molecule has 3 aliphatic rings. The standard InChI is InChI=1S/C19H19F2N5O2/c20-19(21)5-9(6-19)26-10-3-4-11(27)13-15(25-28-16(13)8-1-2-8)12(10)14-17(22)23-7-24-18(14)26/h7-9,11,27H,1-6H2,(H2,22,23,24). The Morgan fingerprint density at radius 1 is 1.21 bits per heavy atom. The third-order valence-corrected chi connectivity index (χ3v) is 6.28. The van der Waals surface area contributed by atoms with E-state index in [1.54, 1.807) is 0 Å². The van der Waals surface area contributed by atoms with Crippen LogP contribution in [0.25, 0.3) is 22.3 Å².